The van der Waals surface area contributed by atoms with Crippen LogP contribution in [0.4, 0.5) is 0 Å². The minimum absolute atomic E-state index is 0.0946. The van der Waals surface area contributed by atoms with Crippen LogP contribution in [-0.4, -0.2) is 18.3 Å². The van der Waals surface area contributed by atoms with Crippen molar-refractivity contribution in [1.29, 1.82) is 0 Å². The fraction of sp³-hybridized carbons (Fsp3) is 0.400. The minimum Gasteiger partial charge on any atom is -0.504 e. The Labute approximate surface area is 82.2 Å². The van der Waals surface area contributed by atoms with Gasteiger partial charge in [-0.25, -0.2) is 0 Å². The van der Waals surface area contributed by atoms with Crippen molar-refractivity contribution in [1.82, 2.24) is 0 Å². The molecule has 4 nitrogen and oxygen atoms in total. The number of rotatable bonds is 1. The Morgan fingerprint density at radius 1 is 1.36 bits per heavy atom. The van der Waals surface area contributed by atoms with Gasteiger partial charge < -0.3 is 20.3 Å². The van der Waals surface area contributed by atoms with Crippen molar-refractivity contribution in [3.8, 4) is 17.2 Å². The zero-order valence-electron chi connectivity index (χ0n) is 7.99. The number of hydrogen-bond acceptors (Lipinski definition) is 4. The van der Waals surface area contributed by atoms with Crippen molar-refractivity contribution < 1.29 is 14.6 Å². The predicted octanol–water partition coefficient (Wildman–Crippen LogP) is 1.18. The third kappa shape index (κ3) is 1.37. The van der Waals surface area contributed by atoms with E-state index in [1.165, 1.54) is 0 Å². The normalized spacial score (nSPS) is 16.4. The molecule has 1 atom stereocenters. The molecule has 0 amide bonds. The maximum atomic E-state index is 9.82. The molecule has 1 aliphatic heterocycles. The van der Waals surface area contributed by atoms with E-state index in [0.29, 0.717) is 30.3 Å². The molecule has 0 saturated carbocycles. The van der Waals surface area contributed by atoms with Gasteiger partial charge in [0.2, 0.25) is 5.75 Å². The summed E-state index contributed by atoms with van der Waals surface area (Å²) in [6.07, 6.45) is 0. The molecule has 0 fully saturated rings. The molecule has 2 rings (SSSR count). The van der Waals surface area contributed by atoms with Crippen LogP contribution < -0.4 is 15.2 Å². The van der Waals surface area contributed by atoms with E-state index in [4.69, 9.17) is 15.2 Å². The van der Waals surface area contributed by atoms with Crippen LogP contribution in [0.2, 0.25) is 0 Å². The fourth-order valence-electron chi connectivity index (χ4n) is 1.48. The van der Waals surface area contributed by atoms with Gasteiger partial charge in [0.05, 0.1) is 0 Å². The quantitative estimate of drug-likeness (QED) is 0.706. The minimum atomic E-state index is -0.217. The zero-order valence-corrected chi connectivity index (χ0v) is 7.99. The molecule has 4 heteroatoms. The van der Waals surface area contributed by atoms with Gasteiger partial charge >= 0.3 is 0 Å². The molecule has 0 aliphatic carbocycles. The van der Waals surface area contributed by atoms with Crippen LogP contribution in [0.5, 0.6) is 17.2 Å². The number of aromatic hydroxyl groups is 1. The number of phenolic OH excluding ortho intramolecular Hbond substituents is 1. The van der Waals surface area contributed by atoms with Gasteiger partial charge in [0.15, 0.2) is 11.5 Å². The zero-order chi connectivity index (χ0) is 10.1. The van der Waals surface area contributed by atoms with E-state index in [1.807, 2.05) is 6.92 Å². The smallest absolute Gasteiger partial charge is 0.203 e. The fourth-order valence-corrected chi connectivity index (χ4v) is 1.48. The Balaban J connectivity index is 2.49. The van der Waals surface area contributed by atoms with Gasteiger partial charge in [-0.2, -0.15) is 0 Å². The van der Waals surface area contributed by atoms with Gasteiger partial charge in [-0.1, -0.05) is 0 Å². The molecular weight excluding hydrogens is 182 g/mol. The number of hydrogen-bond donors (Lipinski definition) is 2. The largest absolute Gasteiger partial charge is 0.504 e. The molecule has 0 aromatic heterocycles. The highest BCUT2D eigenvalue weighted by molar-refractivity contribution is 5.56. The second-order valence-electron chi connectivity index (χ2n) is 3.32. The van der Waals surface area contributed by atoms with Crippen LogP contribution in [0.25, 0.3) is 0 Å². The molecule has 3 N–H and O–H groups in total. The average molecular weight is 195 g/mol. The molecule has 0 spiro atoms. The Kier molecular flexibility index (Phi) is 2.21. The molecule has 14 heavy (non-hydrogen) atoms. The second kappa shape index (κ2) is 3.38. The highest BCUT2D eigenvalue weighted by atomic mass is 16.6. The van der Waals surface area contributed by atoms with Crippen LogP contribution in [0, 0.1) is 0 Å². The lowest BCUT2D eigenvalue weighted by molar-refractivity contribution is 0.165. The summed E-state index contributed by atoms with van der Waals surface area (Å²) >= 11 is 0. The van der Waals surface area contributed by atoms with Crippen LogP contribution in [0.1, 0.15) is 18.5 Å². The van der Waals surface area contributed by atoms with Crippen molar-refractivity contribution in [3.63, 3.8) is 0 Å². The van der Waals surface area contributed by atoms with Gasteiger partial charge in [-0.3, -0.25) is 0 Å². The highest BCUT2D eigenvalue weighted by Crippen LogP contribution is 2.42. The third-order valence-electron chi connectivity index (χ3n) is 2.20. The van der Waals surface area contributed by atoms with Gasteiger partial charge in [-0.15, -0.1) is 0 Å². The Morgan fingerprint density at radius 3 is 2.79 bits per heavy atom. The lowest BCUT2D eigenvalue weighted by atomic mass is 10.1. The first-order chi connectivity index (χ1) is 6.70. The summed E-state index contributed by atoms with van der Waals surface area (Å²) in [5.74, 6) is 1.08. The molecule has 1 aromatic carbocycles. The van der Waals surface area contributed by atoms with E-state index < -0.39 is 0 Å². The molecule has 0 bridgehead atoms. The van der Waals surface area contributed by atoms with Gasteiger partial charge in [-0.05, 0) is 19.1 Å². The topological polar surface area (TPSA) is 64.7 Å². The Bertz CT molecular complexity index is 349. The first-order valence-corrected chi connectivity index (χ1v) is 4.57. The molecule has 0 saturated heterocycles. The number of nitrogens with two attached hydrogens (primary N) is 1. The maximum Gasteiger partial charge on any atom is 0.203 e. The summed E-state index contributed by atoms with van der Waals surface area (Å²) in [5.41, 5.74) is 6.37. The lowest BCUT2D eigenvalue weighted by Gasteiger charge is -2.21. The van der Waals surface area contributed by atoms with Crippen LogP contribution in [0.15, 0.2) is 12.1 Å². The lowest BCUT2D eigenvalue weighted by Crippen LogP contribution is -2.16. The second-order valence-corrected chi connectivity index (χ2v) is 3.32. The van der Waals surface area contributed by atoms with E-state index in [0.717, 1.165) is 0 Å². The summed E-state index contributed by atoms with van der Waals surface area (Å²) in [4.78, 5) is 0. The van der Waals surface area contributed by atoms with Gasteiger partial charge in [0.25, 0.3) is 0 Å². The molecule has 76 valence electrons. The molecular formula is C10H13NO3. The monoisotopic (exact) mass is 195 g/mol. The average Bonchev–Trinajstić information content (AvgIpc) is 2.18. The highest BCUT2D eigenvalue weighted by Gasteiger charge is 2.19. The molecule has 1 heterocycles. The van der Waals surface area contributed by atoms with E-state index in [1.54, 1.807) is 12.1 Å². The van der Waals surface area contributed by atoms with Crippen molar-refractivity contribution in [2.75, 3.05) is 13.2 Å². The summed E-state index contributed by atoms with van der Waals surface area (Å²) in [6.45, 7) is 2.79. The predicted molar refractivity (Wildman–Crippen MR) is 51.7 cm³/mol. The van der Waals surface area contributed by atoms with Gasteiger partial charge in [0.1, 0.15) is 13.2 Å². The van der Waals surface area contributed by atoms with Crippen LogP contribution >= 0.6 is 0 Å². The van der Waals surface area contributed by atoms with Crippen LogP contribution in [0.3, 0.4) is 0 Å². The van der Waals surface area contributed by atoms with Crippen molar-refractivity contribution in [3.05, 3.63) is 17.7 Å². The summed E-state index contributed by atoms with van der Waals surface area (Å²) < 4.78 is 10.6. The molecule has 1 unspecified atom stereocenters. The number of phenols is 1. The number of ether oxygens (including phenoxy) is 2. The van der Waals surface area contributed by atoms with E-state index >= 15 is 0 Å². The van der Waals surface area contributed by atoms with Crippen molar-refractivity contribution >= 4 is 0 Å². The molecule has 1 aliphatic rings. The first-order valence-electron chi connectivity index (χ1n) is 4.57. The standard InChI is InChI=1S/C10H13NO3/c1-6(11)7-2-3-8-10(9(7)12)14-5-4-13-8/h2-3,6,12H,4-5,11H2,1H3. The van der Waals surface area contributed by atoms with Crippen molar-refractivity contribution in [2.24, 2.45) is 5.73 Å². The summed E-state index contributed by atoms with van der Waals surface area (Å²) in [6, 6.07) is 3.31. The van der Waals surface area contributed by atoms with E-state index in [-0.39, 0.29) is 11.8 Å². The van der Waals surface area contributed by atoms with E-state index in [2.05, 4.69) is 0 Å². The Hall–Kier alpha value is -1.42. The van der Waals surface area contributed by atoms with E-state index in [9.17, 15) is 5.11 Å². The SMILES string of the molecule is CC(N)c1ccc2c(c1O)OCCO2. The van der Waals surface area contributed by atoms with Crippen molar-refractivity contribution in [2.45, 2.75) is 13.0 Å². The summed E-state index contributed by atoms with van der Waals surface area (Å²) in [7, 11) is 0. The van der Waals surface area contributed by atoms with Gasteiger partial charge in [0, 0.05) is 11.6 Å². The first kappa shape index (κ1) is 9.15. The maximum absolute atomic E-state index is 9.82. The molecule has 1 aromatic rings. The Morgan fingerprint density at radius 2 is 2.07 bits per heavy atom. The van der Waals surface area contributed by atoms with Crippen LogP contribution in [-0.2, 0) is 0 Å². The third-order valence-corrected chi connectivity index (χ3v) is 2.20. The summed E-state index contributed by atoms with van der Waals surface area (Å²) in [5, 5.41) is 9.82. The molecule has 0 radical (unpaired) electrons. The number of fused-ring (bicyclic) bond motifs is 1. The number of benzene rings is 1.